The first-order valence-electron chi connectivity index (χ1n) is 7.01. The summed E-state index contributed by atoms with van der Waals surface area (Å²) in [5.41, 5.74) is 5.03. The van der Waals surface area contributed by atoms with Crippen molar-refractivity contribution in [2.75, 3.05) is 11.9 Å². The summed E-state index contributed by atoms with van der Waals surface area (Å²) in [5, 5.41) is 3.97. The topological polar surface area (TPSA) is 15.3 Å². The van der Waals surface area contributed by atoms with Crippen LogP contribution in [0.15, 0.2) is 42.5 Å². The average Bonchev–Trinajstić information content (AvgIpc) is 2.77. The smallest absolute Gasteiger partial charge is 0.0471 e. The van der Waals surface area contributed by atoms with Crippen molar-refractivity contribution in [3.8, 4) is 0 Å². The van der Waals surface area contributed by atoms with E-state index in [2.05, 4.69) is 59.6 Å². The first-order valence-corrected chi connectivity index (χ1v) is 7.38. The molecule has 0 fully saturated rings. The Morgan fingerprint density at radius 2 is 2.05 bits per heavy atom. The lowest BCUT2D eigenvalue weighted by Gasteiger charge is -2.25. The Morgan fingerprint density at radius 1 is 1.25 bits per heavy atom. The Balaban J connectivity index is 1.99. The van der Waals surface area contributed by atoms with Crippen LogP contribution in [-0.2, 0) is 13.0 Å². The van der Waals surface area contributed by atoms with E-state index in [1.165, 1.54) is 16.9 Å². The van der Waals surface area contributed by atoms with Gasteiger partial charge in [0.15, 0.2) is 0 Å². The largest absolute Gasteiger partial charge is 0.338 e. The van der Waals surface area contributed by atoms with Gasteiger partial charge in [0, 0.05) is 29.0 Å². The molecule has 2 nitrogen and oxygen atoms in total. The van der Waals surface area contributed by atoms with E-state index in [9.17, 15) is 0 Å². The number of nitrogens with one attached hydrogen (secondary N) is 1. The quantitative estimate of drug-likeness (QED) is 0.912. The third-order valence-electron chi connectivity index (χ3n) is 3.89. The molecule has 0 saturated heterocycles. The number of fused-ring (bicyclic) bond motifs is 1. The summed E-state index contributed by atoms with van der Waals surface area (Å²) in [5.74, 6) is 0. The predicted molar refractivity (Wildman–Crippen MR) is 86.0 cm³/mol. The van der Waals surface area contributed by atoms with Crippen molar-refractivity contribution in [3.63, 3.8) is 0 Å². The van der Waals surface area contributed by atoms with Crippen molar-refractivity contribution < 1.29 is 0 Å². The molecule has 0 radical (unpaired) electrons. The fourth-order valence-electron chi connectivity index (χ4n) is 2.98. The van der Waals surface area contributed by atoms with Gasteiger partial charge in [-0.2, -0.15) is 0 Å². The average molecular weight is 287 g/mol. The Labute approximate surface area is 125 Å². The number of rotatable bonds is 3. The number of anilines is 2. The third kappa shape index (κ3) is 2.30. The second kappa shape index (κ2) is 5.47. The van der Waals surface area contributed by atoms with Crippen LogP contribution >= 0.6 is 11.6 Å². The molecule has 1 aliphatic heterocycles. The molecule has 0 aromatic heterocycles. The molecule has 2 aromatic rings. The van der Waals surface area contributed by atoms with Crippen LogP contribution in [0.2, 0.25) is 5.02 Å². The lowest BCUT2D eigenvalue weighted by atomic mass is 10.1. The maximum Gasteiger partial charge on any atom is 0.0471 e. The molecule has 1 unspecified atom stereocenters. The fourth-order valence-corrected chi connectivity index (χ4v) is 3.22. The Kier molecular flexibility index (Phi) is 3.68. The number of para-hydroxylation sites is 1. The fraction of sp³-hybridized carbons (Fsp3) is 0.294. The van der Waals surface area contributed by atoms with Gasteiger partial charge in [-0.3, -0.25) is 0 Å². The number of halogens is 1. The van der Waals surface area contributed by atoms with E-state index in [-0.39, 0.29) is 0 Å². The van der Waals surface area contributed by atoms with E-state index in [0.717, 1.165) is 23.6 Å². The summed E-state index contributed by atoms with van der Waals surface area (Å²) in [6, 6.07) is 15.4. The number of nitrogens with zero attached hydrogens (tertiary/aromatic N) is 1. The highest BCUT2D eigenvalue weighted by atomic mass is 35.5. The van der Waals surface area contributed by atoms with Gasteiger partial charge in [0.1, 0.15) is 0 Å². The minimum absolute atomic E-state index is 0.471. The van der Waals surface area contributed by atoms with Crippen molar-refractivity contribution in [1.29, 1.82) is 0 Å². The van der Waals surface area contributed by atoms with Gasteiger partial charge in [0.05, 0.1) is 0 Å². The van der Waals surface area contributed by atoms with E-state index in [0.29, 0.717) is 6.04 Å². The van der Waals surface area contributed by atoms with Crippen molar-refractivity contribution in [1.82, 2.24) is 5.32 Å². The molecular weight excluding hydrogens is 268 g/mol. The summed E-state index contributed by atoms with van der Waals surface area (Å²) < 4.78 is 0. The Bertz CT molecular complexity index is 624. The molecule has 1 atom stereocenters. The standard InChI is InChI=1S/C17H19ClN2/c1-12-9-13-5-3-4-6-17(13)20(12)15-8-7-14(11-19-2)16(18)10-15/h3-8,10,12,19H,9,11H2,1-2H3. The molecule has 2 aromatic carbocycles. The van der Waals surface area contributed by atoms with E-state index in [1.807, 2.05) is 7.05 Å². The molecule has 0 aliphatic carbocycles. The Hall–Kier alpha value is -1.51. The summed E-state index contributed by atoms with van der Waals surface area (Å²) >= 11 is 6.39. The second-order valence-corrected chi connectivity index (χ2v) is 5.77. The highest BCUT2D eigenvalue weighted by Crippen LogP contribution is 2.39. The van der Waals surface area contributed by atoms with E-state index >= 15 is 0 Å². The maximum atomic E-state index is 6.39. The van der Waals surface area contributed by atoms with Gasteiger partial charge in [-0.25, -0.2) is 0 Å². The molecular formula is C17H19ClN2. The highest BCUT2D eigenvalue weighted by molar-refractivity contribution is 6.31. The molecule has 0 saturated carbocycles. The van der Waals surface area contributed by atoms with Gasteiger partial charge >= 0.3 is 0 Å². The lowest BCUT2D eigenvalue weighted by Crippen LogP contribution is -2.23. The highest BCUT2D eigenvalue weighted by Gasteiger charge is 2.26. The van der Waals surface area contributed by atoms with Crippen LogP contribution in [0.4, 0.5) is 11.4 Å². The minimum atomic E-state index is 0.471. The molecule has 104 valence electrons. The summed E-state index contributed by atoms with van der Waals surface area (Å²) in [6.07, 6.45) is 1.09. The van der Waals surface area contributed by atoms with Crippen LogP contribution in [0.3, 0.4) is 0 Å². The maximum absolute atomic E-state index is 6.39. The van der Waals surface area contributed by atoms with E-state index in [4.69, 9.17) is 11.6 Å². The van der Waals surface area contributed by atoms with E-state index < -0.39 is 0 Å². The van der Waals surface area contributed by atoms with Crippen LogP contribution < -0.4 is 10.2 Å². The van der Waals surface area contributed by atoms with Gasteiger partial charge in [0.2, 0.25) is 0 Å². The molecule has 0 spiro atoms. The van der Waals surface area contributed by atoms with Crippen LogP contribution in [0.1, 0.15) is 18.1 Å². The molecule has 3 heteroatoms. The molecule has 1 N–H and O–H groups in total. The lowest BCUT2D eigenvalue weighted by molar-refractivity contribution is 0.758. The zero-order chi connectivity index (χ0) is 14.1. The van der Waals surface area contributed by atoms with Crippen LogP contribution in [0.5, 0.6) is 0 Å². The van der Waals surface area contributed by atoms with Crippen LogP contribution in [0.25, 0.3) is 0 Å². The van der Waals surface area contributed by atoms with Crippen LogP contribution in [-0.4, -0.2) is 13.1 Å². The Morgan fingerprint density at radius 3 is 2.80 bits per heavy atom. The van der Waals surface area contributed by atoms with Crippen molar-refractivity contribution in [2.45, 2.75) is 25.9 Å². The van der Waals surface area contributed by atoms with Crippen LogP contribution in [0, 0.1) is 0 Å². The summed E-state index contributed by atoms with van der Waals surface area (Å²) in [4.78, 5) is 2.38. The SMILES string of the molecule is CNCc1ccc(N2c3ccccc3CC2C)cc1Cl. The first-order chi connectivity index (χ1) is 9.70. The third-order valence-corrected chi connectivity index (χ3v) is 4.24. The minimum Gasteiger partial charge on any atom is -0.338 e. The van der Waals surface area contributed by atoms with Gasteiger partial charge in [0.25, 0.3) is 0 Å². The molecule has 1 aliphatic rings. The van der Waals surface area contributed by atoms with E-state index in [1.54, 1.807) is 0 Å². The van der Waals surface area contributed by atoms with Gasteiger partial charge in [-0.05, 0) is 49.7 Å². The van der Waals surface area contributed by atoms with Crippen molar-refractivity contribution in [3.05, 3.63) is 58.6 Å². The van der Waals surface area contributed by atoms with Crippen molar-refractivity contribution in [2.24, 2.45) is 0 Å². The number of benzene rings is 2. The summed E-state index contributed by atoms with van der Waals surface area (Å²) in [7, 11) is 1.93. The molecule has 0 bridgehead atoms. The normalized spacial score (nSPS) is 17.4. The van der Waals surface area contributed by atoms with Gasteiger partial charge < -0.3 is 10.2 Å². The first kappa shape index (κ1) is 13.5. The zero-order valence-corrected chi connectivity index (χ0v) is 12.6. The second-order valence-electron chi connectivity index (χ2n) is 5.36. The predicted octanol–water partition coefficient (Wildman–Crippen LogP) is 4.14. The van der Waals surface area contributed by atoms with Crippen molar-refractivity contribution >= 4 is 23.0 Å². The molecule has 20 heavy (non-hydrogen) atoms. The number of hydrogen-bond acceptors (Lipinski definition) is 2. The van der Waals surface area contributed by atoms with Gasteiger partial charge in [-0.1, -0.05) is 35.9 Å². The zero-order valence-electron chi connectivity index (χ0n) is 11.9. The van der Waals surface area contributed by atoms with Gasteiger partial charge in [-0.15, -0.1) is 0 Å². The summed E-state index contributed by atoms with van der Waals surface area (Å²) in [6.45, 7) is 3.06. The molecule has 3 rings (SSSR count). The molecule has 0 amide bonds. The monoisotopic (exact) mass is 286 g/mol. The number of hydrogen-bond donors (Lipinski definition) is 1. The molecule has 1 heterocycles.